The lowest BCUT2D eigenvalue weighted by atomic mass is 10.1. The molecule has 4 atom stereocenters. The van der Waals surface area contributed by atoms with Crippen molar-refractivity contribution in [1.82, 2.24) is 16.0 Å². The summed E-state index contributed by atoms with van der Waals surface area (Å²) >= 11 is 1.43. The maximum Gasteiger partial charge on any atom is 0.325 e. The van der Waals surface area contributed by atoms with Crippen LogP contribution in [-0.2, 0) is 24.0 Å². The molecule has 0 rings (SSSR count). The molecule has 0 saturated carbocycles. The van der Waals surface area contributed by atoms with Crippen LogP contribution >= 0.6 is 11.8 Å². The van der Waals surface area contributed by atoms with Crippen molar-refractivity contribution >= 4 is 41.4 Å². The second-order valence-electron chi connectivity index (χ2n) is 5.85. The lowest BCUT2D eigenvalue weighted by Gasteiger charge is -2.22. The van der Waals surface area contributed by atoms with Crippen LogP contribution in [0.25, 0.3) is 0 Å². The first-order valence-electron chi connectivity index (χ1n) is 8.09. The number of amides is 3. The van der Waals surface area contributed by atoms with Crippen LogP contribution in [0.5, 0.6) is 0 Å². The Hall–Kier alpha value is -2.34. The van der Waals surface area contributed by atoms with Gasteiger partial charge in [-0.15, -0.1) is 0 Å². The highest BCUT2D eigenvalue weighted by Gasteiger charge is 2.27. The van der Waals surface area contributed by atoms with Crippen LogP contribution in [0.4, 0.5) is 0 Å². The summed E-state index contributed by atoms with van der Waals surface area (Å²) in [6, 6.07) is -4.50. The number of carbonyl (C=O) groups excluding carboxylic acids is 3. The van der Waals surface area contributed by atoms with E-state index in [9.17, 15) is 24.0 Å². The van der Waals surface area contributed by atoms with Crippen molar-refractivity contribution in [1.29, 1.82) is 0 Å². The van der Waals surface area contributed by atoms with Gasteiger partial charge < -0.3 is 31.9 Å². The van der Waals surface area contributed by atoms with E-state index in [-0.39, 0.29) is 6.42 Å². The van der Waals surface area contributed by atoms with E-state index in [1.807, 2.05) is 0 Å². The molecule has 3 amide bonds. The number of rotatable bonds is 12. The molecule has 0 aliphatic heterocycles. The summed E-state index contributed by atoms with van der Waals surface area (Å²) in [5.41, 5.74) is 5.48. The highest BCUT2D eigenvalue weighted by Crippen LogP contribution is 2.03. The van der Waals surface area contributed by atoms with E-state index in [0.717, 1.165) is 0 Å². The molecule has 154 valence electrons. The first-order valence-corrected chi connectivity index (χ1v) is 9.49. The quantitative estimate of drug-likeness (QED) is 0.215. The number of hydrogen-bond acceptors (Lipinski definition) is 7. The molecule has 11 nitrogen and oxygen atoms in total. The van der Waals surface area contributed by atoms with Crippen molar-refractivity contribution < 1.29 is 34.2 Å². The van der Waals surface area contributed by atoms with Gasteiger partial charge in [-0.05, 0) is 32.3 Å². The average molecular weight is 406 g/mol. The van der Waals surface area contributed by atoms with E-state index in [1.165, 1.54) is 25.6 Å². The van der Waals surface area contributed by atoms with E-state index in [4.69, 9.17) is 15.9 Å². The molecule has 0 aromatic carbocycles. The Kier molecular flexibility index (Phi) is 11.1. The van der Waals surface area contributed by atoms with Crippen molar-refractivity contribution in [3.63, 3.8) is 0 Å². The maximum atomic E-state index is 12.4. The zero-order valence-corrected chi connectivity index (χ0v) is 16.2. The third-order valence-electron chi connectivity index (χ3n) is 3.46. The minimum atomic E-state index is -1.32. The molecule has 7 N–H and O–H groups in total. The number of carboxylic acids is 2. The van der Waals surface area contributed by atoms with Gasteiger partial charge >= 0.3 is 11.9 Å². The summed E-state index contributed by atoms with van der Waals surface area (Å²) in [4.78, 5) is 57.7. The van der Waals surface area contributed by atoms with Gasteiger partial charge in [-0.2, -0.15) is 11.8 Å². The van der Waals surface area contributed by atoms with E-state index in [1.54, 1.807) is 6.26 Å². The average Bonchev–Trinajstić information content (AvgIpc) is 2.57. The van der Waals surface area contributed by atoms with Gasteiger partial charge in [0, 0.05) is 0 Å². The fraction of sp³-hybridized carbons (Fsp3) is 0.667. The summed E-state index contributed by atoms with van der Waals surface area (Å²) in [7, 11) is 0. The number of nitrogens with one attached hydrogen (secondary N) is 3. The molecule has 0 aromatic heterocycles. The Morgan fingerprint density at radius 3 is 1.96 bits per heavy atom. The van der Waals surface area contributed by atoms with Crippen LogP contribution in [0.1, 0.15) is 26.7 Å². The molecule has 0 bridgehead atoms. The van der Waals surface area contributed by atoms with Gasteiger partial charge in [0.25, 0.3) is 0 Å². The first-order chi connectivity index (χ1) is 12.5. The molecule has 0 aliphatic rings. The molecule has 0 radical (unpaired) electrons. The molecular formula is C15H26N4O7S. The Balaban J connectivity index is 4.90. The summed E-state index contributed by atoms with van der Waals surface area (Å²) in [6.07, 6.45) is 1.45. The molecule has 4 unspecified atom stereocenters. The van der Waals surface area contributed by atoms with E-state index < -0.39 is 60.2 Å². The molecule has 27 heavy (non-hydrogen) atoms. The van der Waals surface area contributed by atoms with Crippen LogP contribution in [0.15, 0.2) is 0 Å². The second kappa shape index (κ2) is 12.1. The molecule has 0 saturated heterocycles. The van der Waals surface area contributed by atoms with Crippen LogP contribution in [0, 0.1) is 0 Å². The molecule has 12 heteroatoms. The maximum absolute atomic E-state index is 12.4. The summed E-state index contributed by atoms with van der Waals surface area (Å²) in [6.45, 7) is 2.64. The zero-order chi connectivity index (χ0) is 21.1. The fourth-order valence-corrected chi connectivity index (χ4v) is 2.32. The van der Waals surface area contributed by atoms with E-state index in [2.05, 4.69) is 16.0 Å². The standard InChI is InChI=1S/C15H26N4O7S/c1-7(12(22)18-8(2)15(25)26)17-14(24)10(4-5-27-3)19-13(23)9(16)6-11(20)21/h7-10H,4-6,16H2,1-3H3,(H,17,24)(H,18,22)(H,19,23)(H,20,21)(H,25,26). The normalized spacial score (nSPS) is 15.0. The Morgan fingerprint density at radius 1 is 0.926 bits per heavy atom. The number of hydrogen-bond donors (Lipinski definition) is 6. The largest absolute Gasteiger partial charge is 0.481 e. The van der Waals surface area contributed by atoms with Crippen molar-refractivity contribution in [3.8, 4) is 0 Å². The van der Waals surface area contributed by atoms with Crippen LogP contribution in [0.3, 0.4) is 0 Å². The zero-order valence-electron chi connectivity index (χ0n) is 15.4. The highest BCUT2D eigenvalue weighted by molar-refractivity contribution is 7.98. The summed E-state index contributed by atoms with van der Waals surface area (Å²) in [5, 5.41) is 24.5. The predicted octanol–water partition coefficient (Wildman–Crippen LogP) is -1.88. The lowest BCUT2D eigenvalue weighted by Crippen LogP contribution is -2.56. The monoisotopic (exact) mass is 406 g/mol. The third-order valence-corrected chi connectivity index (χ3v) is 4.10. The second-order valence-corrected chi connectivity index (χ2v) is 6.83. The number of aliphatic carboxylic acids is 2. The molecule has 0 aliphatic carbocycles. The van der Waals surface area contributed by atoms with Gasteiger partial charge in [0.2, 0.25) is 17.7 Å². The molecular weight excluding hydrogens is 380 g/mol. The van der Waals surface area contributed by atoms with Gasteiger partial charge in [0.1, 0.15) is 18.1 Å². The highest BCUT2D eigenvalue weighted by atomic mass is 32.2. The van der Waals surface area contributed by atoms with Crippen molar-refractivity contribution in [3.05, 3.63) is 0 Å². The Morgan fingerprint density at radius 2 is 1.48 bits per heavy atom. The predicted molar refractivity (Wildman–Crippen MR) is 98.0 cm³/mol. The number of carboxylic acid groups (broad SMARTS) is 2. The summed E-state index contributed by atoms with van der Waals surface area (Å²) < 4.78 is 0. The number of thioether (sulfide) groups is 1. The molecule has 0 heterocycles. The Labute approximate surface area is 160 Å². The number of carbonyl (C=O) groups is 5. The Bertz CT molecular complexity index is 572. The van der Waals surface area contributed by atoms with Crippen molar-refractivity contribution in [2.24, 2.45) is 5.73 Å². The lowest BCUT2D eigenvalue weighted by molar-refractivity contribution is -0.141. The number of nitrogens with two attached hydrogens (primary N) is 1. The molecule has 0 spiro atoms. The van der Waals surface area contributed by atoms with E-state index in [0.29, 0.717) is 5.75 Å². The van der Waals surface area contributed by atoms with Crippen LogP contribution in [-0.4, -0.2) is 76.0 Å². The first kappa shape index (κ1) is 24.7. The van der Waals surface area contributed by atoms with Crippen molar-refractivity contribution in [2.45, 2.75) is 50.9 Å². The van der Waals surface area contributed by atoms with Gasteiger partial charge in [-0.1, -0.05) is 0 Å². The topological polar surface area (TPSA) is 188 Å². The van der Waals surface area contributed by atoms with Crippen LogP contribution in [0.2, 0.25) is 0 Å². The molecule has 0 fully saturated rings. The van der Waals surface area contributed by atoms with Crippen LogP contribution < -0.4 is 21.7 Å². The van der Waals surface area contributed by atoms with Gasteiger partial charge in [0.05, 0.1) is 12.5 Å². The fourth-order valence-electron chi connectivity index (χ4n) is 1.84. The molecule has 0 aromatic rings. The summed E-state index contributed by atoms with van der Waals surface area (Å²) in [5.74, 6) is -4.11. The SMILES string of the molecule is CSCCC(NC(=O)C(N)CC(=O)O)C(=O)NC(C)C(=O)NC(C)C(=O)O. The minimum Gasteiger partial charge on any atom is -0.481 e. The third kappa shape index (κ3) is 9.80. The van der Waals surface area contributed by atoms with Gasteiger partial charge in [0.15, 0.2) is 0 Å². The smallest absolute Gasteiger partial charge is 0.325 e. The van der Waals surface area contributed by atoms with Gasteiger partial charge in [-0.3, -0.25) is 24.0 Å². The van der Waals surface area contributed by atoms with Crippen molar-refractivity contribution in [2.75, 3.05) is 12.0 Å². The van der Waals surface area contributed by atoms with E-state index >= 15 is 0 Å². The minimum absolute atomic E-state index is 0.235. The van der Waals surface area contributed by atoms with Gasteiger partial charge in [-0.25, -0.2) is 0 Å².